The van der Waals surface area contributed by atoms with E-state index in [0.717, 1.165) is 55.6 Å². The van der Waals surface area contributed by atoms with Crippen molar-refractivity contribution >= 4 is 35.2 Å². The largest absolute Gasteiger partial charge is 0.352 e. The van der Waals surface area contributed by atoms with Crippen LogP contribution in [0.3, 0.4) is 0 Å². The van der Waals surface area contributed by atoms with E-state index >= 15 is 0 Å². The molecule has 0 spiro atoms. The predicted molar refractivity (Wildman–Crippen MR) is 114 cm³/mol. The first-order valence-electron chi connectivity index (χ1n) is 10.0. The van der Waals surface area contributed by atoms with Gasteiger partial charge in [0.1, 0.15) is 0 Å². The number of anilines is 1. The molecule has 2 aromatic rings. The highest BCUT2D eigenvalue weighted by atomic mass is 35.5. The van der Waals surface area contributed by atoms with Gasteiger partial charge in [0.25, 0.3) is 0 Å². The van der Waals surface area contributed by atoms with Gasteiger partial charge in [-0.15, -0.1) is 10.2 Å². The number of amides is 1. The number of hydrogen-bond acceptors (Lipinski definition) is 5. The quantitative estimate of drug-likeness (QED) is 0.715. The molecule has 1 aliphatic heterocycles. The number of benzene rings is 1. The first-order chi connectivity index (χ1) is 13.6. The molecule has 8 heteroatoms. The summed E-state index contributed by atoms with van der Waals surface area (Å²) >= 11 is 7.69. The van der Waals surface area contributed by atoms with Crippen molar-refractivity contribution in [3.63, 3.8) is 0 Å². The summed E-state index contributed by atoms with van der Waals surface area (Å²) in [6.07, 6.45) is 6.89. The summed E-state index contributed by atoms with van der Waals surface area (Å²) in [5.74, 6) is 0.894. The molecule has 0 radical (unpaired) electrons. The van der Waals surface area contributed by atoms with Gasteiger partial charge in [0.15, 0.2) is 5.16 Å². The van der Waals surface area contributed by atoms with Crippen molar-refractivity contribution in [2.24, 2.45) is 0 Å². The van der Waals surface area contributed by atoms with E-state index < -0.39 is 0 Å². The van der Waals surface area contributed by atoms with Crippen molar-refractivity contribution < 1.29 is 4.79 Å². The number of nitrogens with one attached hydrogen (secondary N) is 1. The smallest absolute Gasteiger partial charge is 0.233 e. The van der Waals surface area contributed by atoms with E-state index in [-0.39, 0.29) is 11.2 Å². The number of carbonyl (C=O) groups is 1. The van der Waals surface area contributed by atoms with Crippen LogP contribution in [-0.2, 0) is 4.79 Å². The van der Waals surface area contributed by atoms with Gasteiger partial charge in [0.05, 0.1) is 10.9 Å². The number of aromatic nitrogens is 3. The SMILES string of the molecule is CC(Sc1nnc(N2CCCC2)n1-c1cccc(Cl)c1)C(=O)NC1CCCC1. The van der Waals surface area contributed by atoms with Crippen molar-refractivity contribution in [1.82, 2.24) is 20.1 Å². The Morgan fingerprint density at radius 2 is 1.96 bits per heavy atom. The van der Waals surface area contributed by atoms with Crippen LogP contribution < -0.4 is 10.2 Å². The van der Waals surface area contributed by atoms with E-state index in [9.17, 15) is 4.79 Å². The molecule has 0 bridgehead atoms. The Balaban J connectivity index is 1.58. The average molecular weight is 420 g/mol. The maximum atomic E-state index is 12.6. The van der Waals surface area contributed by atoms with Gasteiger partial charge in [-0.25, -0.2) is 0 Å². The molecule has 4 rings (SSSR count). The number of nitrogens with zero attached hydrogens (tertiary/aromatic N) is 4. The first kappa shape index (κ1) is 19.6. The molecule has 1 unspecified atom stereocenters. The minimum absolute atomic E-state index is 0.0697. The Kier molecular flexibility index (Phi) is 6.11. The maximum absolute atomic E-state index is 12.6. The second-order valence-corrected chi connectivity index (χ2v) is 9.29. The summed E-state index contributed by atoms with van der Waals surface area (Å²) in [5.41, 5.74) is 0.922. The number of rotatable bonds is 6. The Morgan fingerprint density at radius 1 is 1.21 bits per heavy atom. The van der Waals surface area contributed by atoms with Crippen molar-refractivity contribution in [1.29, 1.82) is 0 Å². The second-order valence-electron chi connectivity index (χ2n) is 7.54. The third kappa shape index (κ3) is 4.30. The van der Waals surface area contributed by atoms with Gasteiger partial charge in [-0.2, -0.15) is 0 Å². The van der Waals surface area contributed by atoms with E-state index in [4.69, 9.17) is 11.6 Å². The highest BCUT2D eigenvalue weighted by Crippen LogP contribution is 2.31. The highest BCUT2D eigenvalue weighted by Gasteiger charge is 2.26. The molecule has 1 aromatic carbocycles. The van der Waals surface area contributed by atoms with Crippen molar-refractivity contribution in [3.05, 3.63) is 29.3 Å². The lowest BCUT2D eigenvalue weighted by Gasteiger charge is -2.20. The van der Waals surface area contributed by atoms with Crippen molar-refractivity contribution in [3.8, 4) is 5.69 Å². The van der Waals surface area contributed by atoms with Crippen molar-refractivity contribution in [2.45, 2.75) is 61.9 Å². The summed E-state index contributed by atoms with van der Waals surface area (Å²) in [7, 11) is 0. The molecule has 150 valence electrons. The monoisotopic (exact) mass is 419 g/mol. The van der Waals surface area contributed by atoms with E-state index in [1.165, 1.54) is 24.6 Å². The Bertz CT molecular complexity index is 830. The third-order valence-corrected chi connectivity index (χ3v) is 6.70. The first-order valence-corrected chi connectivity index (χ1v) is 11.3. The van der Waals surface area contributed by atoms with Crippen LogP contribution in [0.25, 0.3) is 5.69 Å². The zero-order chi connectivity index (χ0) is 19.5. The van der Waals surface area contributed by atoms with Gasteiger partial charge in [0, 0.05) is 24.2 Å². The van der Waals surface area contributed by atoms with Gasteiger partial charge in [0.2, 0.25) is 11.9 Å². The summed E-state index contributed by atoms with van der Waals surface area (Å²) in [6, 6.07) is 8.02. The Morgan fingerprint density at radius 3 is 2.68 bits per heavy atom. The zero-order valence-corrected chi connectivity index (χ0v) is 17.7. The van der Waals surface area contributed by atoms with Crippen LogP contribution in [0.2, 0.25) is 5.02 Å². The number of hydrogen-bond donors (Lipinski definition) is 1. The Hall–Kier alpha value is -1.73. The number of halogens is 1. The van der Waals surface area contributed by atoms with Gasteiger partial charge in [-0.3, -0.25) is 9.36 Å². The molecule has 1 aromatic heterocycles. The molecule has 2 heterocycles. The standard InChI is InChI=1S/C20H26ClN5OS/c1-14(18(27)22-16-8-2-3-9-16)28-20-24-23-19(25-11-4-5-12-25)26(20)17-10-6-7-15(21)13-17/h6-7,10,13-14,16H,2-5,8-9,11-12H2,1H3,(H,22,27). The molecule has 1 saturated carbocycles. The summed E-state index contributed by atoms with van der Waals surface area (Å²) in [4.78, 5) is 14.9. The van der Waals surface area contributed by atoms with E-state index in [0.29, 0.717) is 11.1 Å². The molecule has 28 heavy (non-hydrogen) atoms. The fraction of sp³-hybridized carbons (Fsp3) is 0.550. The molecule has 1 aliphatic carbocycles. The molecule has 1 N–H and O–H groups in total. The predicted octanol–water partition coefficient (Wildman–Crippen LogP) is 4.06. The molecule has 1 amide bonds. The number of carbonyl (C=O) groups excluding carboxylic acids is 1. The van der Waals surface area contributed by atoms with Gasteiger partial charge >= 0.3 is 0 Å². The molecule has 2 fully saturated rings. The van der Waals surface area contributed by atoms with Crippen LogP contribution in [-0.4, -0.2) is 45.1 Å². The summed E-state index contributed by atoms with van der Waals surface area (Å²) in [6.45, 7) is 3.88. The van der Waals surface area contributed by atoms with Gasteiger partial charge < -0.3 is 10.2 Å². The molecular weight excluding hydrogens is 394 g/mol. The van der Waals surface area contributed by atoms with Crippen LogP contribution >= 0.6 is 23.4 Å². The van der Waals surface area contributed by atoms with Crippen LogP contribution in [0.1, 0.15) is 45.4 Å². The molecule has 1 saturated heterocycles. The van der Waals surface area contributed by atoms with Crippen LogP contribution in [0.5, 0.6) is 0 Å². The third-order valence-electron chi connectivity index (χ3n) is 5.42. The normalized spacial score (nSPS) is 18.6. The molecular formula is C20H26ClN5OS. The van der Waals surface area contributed by atoms with E-state index in [2.05, 4.69) is 20.4 Å². The lowest BCUT2D eigenvalue weighted by molar-refractivity contribution is -0.120. The van der Waals surface area contributed by atoms with E-state index in [1.807, 2.05) is 35.8 Å². The van der Waals surface area contributed by atoms with Crippen LogP contribution in [0.15, 0.2) is 29.4 Å². The second kappa shape index (κ2) is 8.74. The fourth-order valence-corrected chi connectivity index (χ4v) is 4.96. The lowest BCUT2D eigenvalue weighted by Crippen LogP contribution is -2.37. The maximum Gasteiger partial charge on any atom is 0.233 e. The summed E-state index contributed by atoms with van der Waals surface area (Å²) in [5, 5.41) is 13.2. The topological polar surface area (TPSA) is 63.1 Å². The lowest BCUT2D eigenvalue weighted by atomic mass is 10.2. The van der Waals surface area contributed by atoms with Crippen molar-refractivity contribution in [2.75, 3.05) is 18.0 Å². The fourth-order valence-electron chi connectivity index (χ4n) is 3.90. The van der Waals surface area contributed by atoms with Gasteiger partial charge in [-0.1, -0.05) is 42.3 Å². The minimum Gasteiger partial charge on any atom is -0.352 e. The highest BCUT2D eigenvalue weighted by molar-refractivity contribution is 8.00. The number of thioether (sulfide) groups is 1. The molecule has 1 atom stereocenters. The molecule has 2 aliphatic rings. The van der Waals surface area contributed by atoms with Crippen LogP contribution in [0, 0.1) is 0 Å². The average Bonchev–Trinajstić information content (AvgIpc) is 3.43. The molecule has 6 nitrogen and oxygen atoms in total. The van der Waals surface area contributed by atoms with Gasteiger partial charge in [-0.05, 0) is 50.8 Å². The Labute approximate surface area is 175 Å². The van der Waals surface area contributed by atoms with E-state index in [1.54, 1.807) is 0 Å². The zero-order valence-electron chi connectivity index (χ0n) is 16.1. The minimum atomic E-state index is -0.242. The summed E-state index contributed by atoms with van der Waals surface area (Å²) < 4.78 is 2.03. The van der Waals surface area contributed by atoms with Crippen LogP contribution in [0.4, 0.5) is 5.95 Å².